The van der Waals surface area contributed by atoms with E-state index in [9.17, 15) is 24.3 Å². The standard InChI is InChI=1S/C23H43N5O5.C5H10.C2H6/c1-12(2)14-10-11-28(15(14)19(31)25-13(3)16(29)18(24)30)20(32)17(22(4,5)6)26-21(33)27-23(7,8)9;1-5-3-2-4-5;1-2/h12-17,29H,10-11H2,1-9H3,(H2,24,30)(H,25,31)(H2,26,27,33);5H,2-4H2,1H3;1-2H3. The molecule has 2 fully saturated rings. The fraction of sp³-hybridized carbons (Fsp3) is 0.867. The largest absolute Gasteiger partial charge is 0.381 e. The number of hydrogen-bond donors (Lipinski definition) is 5. The van der Waals surface area contributed by atoms with E-state index in [2.05, 4.69) is 22.9 Å². The minimum atomic E-state index is -1.54. The molecular weight excluding hydrogens is 510 g/mol. The molecule has 6 N–H and O–H groups in total. The second kappa shape index (κ2) is 16.2. The molecule has 5 unspecified atom stereocenters. The highest BCUT2D eigenvalue weighted by Crippen LogP contribution is 2.33. The Morgan fingerprint density at radius 2 is 1.43 bits per heavy atom. The summed E-state index contributed by atoms with van der Waals surface area (Å²) in [5, 5.41) is 18.1. The molecule has 40 heavy (non-hydrogen) atoms. The Labute approximate surface area is 243 Å². The third kappa shape index (κ3) is 12.0. The number of urea groups is 1. The summed E-state index contributed by atoms with van der Waals surface area (Å²) in [4.78, 5) is 52.3. The summed E-state index contributed by atoms with van der Waals surface area (Å²) in [6.45, 7) is 23.2. The van der Waals surface area contributed by atoms with Gasteiger partial charge in [0, 0.05) is 12.1 Å². The van der Waals surface area contributed by atoms with Crippen molar-refractivity contribution in [3.63, 3.8) is 0 Å². The summed E-state index contributed by atoms with van der Waals surface area (Å²) in [5.74, 6) is -0.687. The first kappa shape index (κ1) is 37.6. The van der Waals surface area contributed by atoms with E-state index in [0.29, 0.717) is 13.0 Å². The minimum Gasteiger partial charge on any atom is -0.381 e. The van der Waals surface area contributed by atoms with E-state index in [4.69, 9.17) is 5.73 Å². The quantitative estimate of drug-likeness (QED) is 0.317. The average Bonchev–Trinajstić information content (AvgIpc) is 3.26. The van der Waals surface area contributed by atoms with Crippen LogP contribution in [0.4, 0.5) is 4.79 Å². The molecule has 2 aliphatic rings. The molecule has 0 bridgehead atoms. The Bertz CT molecular complexity index is 829. The van der Waals surface area contributed by atoms with E-state index in [-0.39, 0.29) is 17.7 Å². The molecule has 1 saturated carbocycles. The molecule has 2 rings (SSSR count). The van der Waals surface area contributed by atoms with Crippen molar-refractivity contribution in [1.29, 1.82) is 0 Å². The lowest BCUT2D eigenvalue weighted by molar-refractivity contribution is -0.144. The van der Waals surface area contributed by atoms with Crippen LogP contribution in [-0.2, 0) is 14.4 Å². The molecule has 1 heterocycles. The van der Waals surface area contributed by atoms with Crippen molar-refractivity contribution < 1.29 is 24.3 Å². The third-order valence-corrected chi connectivity index (χ3v) is 7.26. The summed E-state index contributed by atoms with van der Waals surface area (Å²) in [6.07, 6.45) is 3.54. The van der Waals surface area contributed by atoms with E-state index in [1.54, 1.807) is 0 Å². The first-order chi connectivity index (χ1) is 18.3. The van der Waals surface area contributed by atoms with Gasteiger partial charge in [-0.2, -0.15) is 0 Å². The van der Waals surface area contributed by atoms with E-state index >= 15 is 0 Å². The highest BCUT2D eigenvalue weighted by molar-refractivity contribution is 5.93. The normalized spacial score (nSPS) is 21.4. The molecule has 234 valence electrons. The Balaban J connectivity index is 0.00000190. The minimum absolute atomic E-state index is 0.111. The van der Waals surface area contributed by atoms with Gasteiger partial charge in [0.25, 0.3) is 0 Å². The van der Waals surface area contributed by atoms with Crippen LogP contribution in [0.3, 0.4) is 0 Å². The maximum absolute atomic E-state index is 13.7. The lowest BCUT2D eigenvalue weighted by atomic mass is 9.84. The first-order valence-corrected chi connectivity index (χ1v) is 14.9. The van der Waals surface area contributed by atoms with Crippen molar-refractivity contribution >= 4 is 23.8 Å². The molecule has 0 spiro atoms. The van der Waals surface area contributed by atoms with Crippen LogP contribution in [-0.4, -0.2) is 70.1 Å². The van der Waals surface area contributed by atoms with Crippen LogP contribution in [0.1, 0.15) is 109 Å². The number of hydrogen-bond acceptors (Lipinski definition) is 5. The van der Waals surface area contributed by atoms with Crippen molar-refractivity contribution in [2.24, 2.45) is 28.9 Å². The number of nitrogens with two attached hydrogens (primary N) is 1. The van der Waals surface area contributed by atoms with Gasteiger partial charge >= 0.3 is 6.03 Å². The highest BCUT2D eigenvalue weighted by Gasteiger charge is 2.47. The molecule has 1 aliphatic heterocycles. The molecule has 5 amide bonds. The molecule has 1 aliphatic carbocycles. The topological polar surface area (TPSA) is 154 Å². The fourth-order valence-electron chi connectivity index (χ4n) is 4.67. The van der Waals surface area contributed by atoms with E-state index < -0.39 is 53.0 Å². The van der Waals surface area contributed by atoms with Gasteiger partial charge in [0.1, 0.15) is 12.1 Å². The molecule has 0 aromatic carbocycles. The van der Waals surface area contributed by atoms with E-state index in [0.717, 1.165) is 5.92 Å². The number of rotatable bonds is 7. The van der Waals surface area contributed by atoms with Crippen LogP contribution in [0, 0.1) is 23.2 Å². The number of aliphatic hydroxyl groups is 1. The third-order valence-electron chi connectivity index (χ3n) is 7.26. The molecular formula is C30H59N5O5. The molecule has 1 saturated heterocycles. The summed E-state index contributed by atoms with van der Waals surface area (Å²) in [5.41, 5.74) is 4.05. The number of nitrogens with zero attached hydrogens (tertiary/aromatic N) is 1. The lowest BCUT2D eigenvalue weighted by Gasteiger charge is -2.37. The fourth-order valence-corrected chi connectivity index (χ4v) is 4.67. The summed E-state index contributed by atoms with van der Waals surface area (Å²) in [6, 6.07) is -3.03. The number of carbonyl (C=O) groups is 4. The molecule has 0 aromatic heterocycles. The van der Waals surface area contributed by atoms with Crippen LogP contribution in [0.15, 0.2) is 0 Å². The van der Waals surface area contributed by atoms with Gasteiger partial charge in [-0.1, -0.05) is 74.7 Å². The number of primary amides is 1. The number of likely N-dealkylation sites (tertiary alicyclic amines) is 1. The van der Waals surface area contributed by atoms with Crippen molar-refractivity contribution in [2.45, 2.75) is 139 Å². The molecule has 10 nitrogen and oxygen atoms in total. The number of carbonyl (C=O) groups excluding carboxylic acids is 4. The lowest BCUT2D eigenvalue weighted by Crippen LogP contribution is -2.61. The van der Waals surface area contributed by atoms with Crippen molar-refractivity contribution in [3.8, 4) is 0 Å². The predicted octanol–water partition coefficient (Wildman–Crippen LogP) is 3.56. The first-order valence-electron chi connectivity index (χ1n) is 14.9. The van der Waals surface area contributed by atoms with Crippen LogP contribution < -0.4 is 21.7 Å². The zero-order chi connectivity index (χ0) is 31.6. The van der Waals surface area contributed by atoms with Crippen LogP contribution in [0.25, 0.3) is 0 Å². The smallest absolute Gasteiger partial charge is 0.315 e. The van der Waals surface area contributed by atoms with Gasteiger partial charge in [-0.25, -0.2) is 4.79 Å². The van der Waals surface area contributed by atoms with Gasteiger partial charge in [-0.05, 0) is 57.3 Å². The average molecular weight is 570 g/mol. The van der Waals surface area contributed by atoms with Gasteiger partial charge in [0.15, 0.2) is 6.10 Å². The zero-order valence-corrected chi connectivity index (χ0v) is 27.2. The van der Waals surface area contributed by atoms with Crippen LogP contribution in [0.2, 0.25) is 0 Å². The van der Waals surface area contributed by atoms with Crippen molar-refractivity contribution in [1.82, 2.24) is 20.9 Å². The monoisotopic (exact) mass is 569 g/mol. The van der Waals surface area contributed by atoms with Crippen LogP contribution >= 0.6 is 0 Å². The Kier molecular flexibility index (Phi) is 15.2. The van der Waals surface area contributed by atoms with E-state index in [1.807, 2.05) is 69.2 Å². The van der Waals surface area contributed by atoms with Crippen molar-refractivity contribution in [2.75, 3.05) is 6.54 Å². The molecule has 0 aromatic rings. The zero-order valence-electron chi connectivity index (χ0n) is 27.2. The second-order valence-corrected chi connectivity index (χ2v) is 13.5. The SMILES string of the molecule is CC.CC(C)C1CCN(C(=O)C(NC(=O)NC(C)(C)C)C(C)(C)C)C1C(=O)NC(C)C(O)C(N)=O.CC1CCC1. The summed E-state index contributed by atoms with van der Waals surface area (Å²) in [7, 11) is 0. The Morgan fingerprint density at radius 1 is 0.925 bits per heavy atom. The molecule has 5 atom stereocenters. The van der Waals surface area contributed by atoms with Gasteiger partial charge in [0.05, 0.1) is 6.04 Å². The van der Waals surface area contributed by atoms with Gasteiger partial charge < -0.3 is 31.7 Å². The van der Waals surface area contributed by atoms with Crippen molar-refractivity contribution in [3.05, 3.63) is 0 Å². The maximum Gasteiger partial charge on any atom is 0.315 e. The Morgan fingerprint density at radius 3 is 1.77 bits per heavy atom. The highest BCUT2D eigenvalue weighted by atomic mass is 16.3. The van der Waals surface area contributed by atoms with E-state index in [1.165, 1.54) is 31.1 Å². The second-order valence-electron chi connectivity index (χ2n) is 13.5. The molecule has 10 heteroatoms. The Hall–Kier alpha value is -2.36. The number of amides is 5. The number of aliphatic hydroxyl groups excluding tert-OH is 1. The van der Waals surface area contributed by atoms with Crippen LogP contribution in [0.5, 0.6) is 0 Å². The summed E-state index contributed by atoms with van der Waals surface area (Å²) >= 11 is 0. The predicted molar refractivity (Wildman–Crippen MR) is 160 cm³/mol. The maximum atomic E-state index is 13.7. The van der Waals surface area contributed by atoms with Gasteiger partial charge in [0.2, 0.25) is 17.7 Å². The summed E-state index contributed by atoms with van der Waals surface area (Å²) < 4.78 is 0. The van der Waals surface area contributed by atoms with Gasteiger partial charge in [-0.15, -0.1) is 0 Å². The van der Waals surface area contributed by atoms with Gasteiger partial charge in [-0.3, -0.25) is 14.4 Å². The molecule has 0 radical (unpaired) electrons. The number of nitrogens with one attached hydrogen (secondary N) is 3.